The number of nitriles is 1. The number of ketones is 1. The van der Waals surface area contributed by atoms with E-state index in [1.807, 2.05) is 35.9 Å². The van der Waals surface area contributed by atoms with E-state index in [2.05, 4.69) is 45.6 Å². The van der Waals surface area contributed by atoms with Crippen molar-refractivity contribution in [3.8, 4) is 6.07 Å². The number of halogens is 1. The molecular weight excluding hydrogens is 418 g/mol. The molecule has 5 heteroatoms. The van der Waals surface area contributed by atoms with Crippen molar-refractivity contribution in [1.29, 1.82) is 5.26 Å². The average Bonchev–Trinajstić information content (AvgIpc) is 3.05. The number of carbonyl (C=O) groups excluding carboxylic acids is 1. The number of rotatable bonds is 7. The van der Waals surface area contributed by atoms with Crippen molar-refractivity contribution in [2.75, 3.05) is 18.0 Å². The molecule has 32 heavy (non-hydrogen) atoms. The highest BCUT2D eigenvalue weighted by Gasteiger charge is 2.30. The van der Waals surface area contributed by atoms with Crippen molar-refractivity contribution in [3.05, 3.63) is 63.8 Å². The van der Waals surface area contributed by atoms with E-state index in [0.717, 1.165) is 48.2 Å². The highest BCUT2D eigenvalue weighted by atomic mass is 35.5. The number of hydrogen-bond donors (Lipinski definition) is 0. The van der Waals surface area contributed by atoms with E-state index in [-0.39, 0.29) is 11.2 Å². The molecule has 0 atom stereocenters. The summed E-state index contributed by atoms with van der Waals surface area (Å²) in [7, 11) is 1.96. The van der Waals surface area contributed by atoms with Crippen LogP contribution < -0.4 is 4.90 Å². The van der Waals surface area contributed by atoms with Gasteiger partial charge in [-0.1, -0.05) is 52.3 Å². The third-order valence-electron chi connectivity index (χ3n) is 5.80. The third-order valence-corrected chi connectivity index (χ3v) is 6.11. The second-order valence-electron chi connectivity index (χ2n) is 9.36. The standard InChI is InChI=1S/C27H32ClN3O/c1-7-13-31(14-8-2)22-12-10-19(16-21(22)28)25(32)24-20-11-9-18(17-29)15-23(20)30(6)26(24)27(3,4)5/h9-12,15-16H,7-8,13-14H2,1-6H3. The maximum atomic E-state index is 13.8. The van der Waals surface area contributed by atoms with Crippen LogP contribution in [0.2, 0.25) is 5.02 Å². The summed E-state index contributed by atoms with van der Waals surface area (Å²) in [6.07, 6.45) is 2.07. The summed E-state index contributed by atoms with van der Waals surface area (Å²) in [6.45, 7) is 12.5. The predicted molar refractivity (Wildman–Crippen MR) is 134 cm³/mol. The van der Waals surface area contributed by atoms with Gasteiger partial charge in [-0.2, -0.15) is 5.26 Å². The molecular formula is C27H32ClN3O. The van der Waals surface area contributed by atoms with E-state index in [1.165, 1.54) is 0 Å². The summed E-state index contributed by atoms with van der Waals surface area (Å²) in [5, 5.41) is 10.8. The Morgan fingerprint density at radius 1 is 1.09 bits per heavy atom. The molecule has 0 bridgehead atoms. The van der Waals surface area contributed by atoms with Crippen molar-refractivity contribution >= 4 is 34.0 Å². The first-order valence-corrected chi connectivity index (χ1v) is 11.6. The lowest BCUT2D eigenvalue weighted by Crippen LogP contribution is -2.25. The zero-order chi connectivity index (χ0) is 23.6. The predicted octanol–water partition coefficient (Wildman–Crippen LogP) is 6.86. The van der Waals surface area contributed by atoms with Crippen LogP contribution in [0.4, 0.5) is 5.69 Å². The molecule has 0 aliphatic heterocycles. The molecule has 0 unspecified atom stereocenters. The molecule has 3 aromatic rings. The first-order valence-electron chi connectivity index (χ1n) is 11.3. The second-order valence-corrected chi connectivity index (χ2v) is 9.77. The topological polar surface area (TPSA) is 49.0 Å². The number of aromatic nitrogens is 1. The number of benzene rings is 2. The molecule has 1 aromatic heterocycles. The molecule has 168 valence electrons. The molecule has 0 amide bonds. The minimum absolute atomic E-state index is 0.0452. The van der Waals surface area contributed by atoms with Crippen LogP contribution in [0.25, 0.3) is 10.9 Å². The summed E-state index contributed by atoms with van der Waals surface area (Å²) < 4.78 is 2.05. The number of hydrogen-bond acceptors (Lipinski definition) is 3. The Hall–Kier alpha value is -2.77. The summed E-state index contributed by atoms with van der Waals surface area (Å²) in [5.74, 6) is -0.0452. The SMILES string of the molecule is CCCN(CCC)c1ccc(C(=O)c2c(C(C)(C)C)n(C)c3cc(C#N)ccc23)cc1Cl. The normalized spacial score (nSPS) is 11.6. The number of aryl methyl sites for hydroxylation is 1. The fraction of sp³-hybridized carbons (Fsp3) is 0.407. The third kappa shape index (κ3) is 4.40. The Labute approximate surface area is 196 Å². The van der Waals surface area contributed by atoms with Crippen LogP contribution in [0.15, 0.2) is 36.4 Å². The fourth-order valence-electron chi connectivity index (χ4n) is 4.56. The Morgan fingerprint density at radius 3 is 2.28 bits per heavy atom. The Bertz CT molecular complexity index is 1190. The zero-order valence-electron chi connectivity index (χ0n) is 19.9. The molecule has 0 spiro atoms. The van der Waals surface area contributed by atoms with Crippen molar-refractivity contribution in [3.63, 3.8) is 0 Å². The van der Waals surface area contributed by atoms with Crippen LogP contribution in [-0.2, 0) is 12.5 Å². The van der Waals surface area contributed by atoms with Crippen molar-refractivity contribution in [2.45, 2.75) is 52.9 Å². The van der Waals surface area contributed by atoms with Gasteiger partial charge in [-0.15, -0.1) is 0 Å². The molecule has 0 saturated heterocycles. The fourth-order valence-corrected chi connectivity index (χ4v) is 4.86. The van der Waals surface area contributed by atoms with Crippen molar-refractivity contribution < 1.29 is 4.79 Å². The molecule has 3 rings (SSSR count). The first-order chi connectivity index (χ1) is 15.1. The number of carbonyl (C=O) groups is 1. The van der Waals surface area contributed by atoms with E-state index >= 15 is 0 Å². The molecule has 0 fully saturated rings. The first kappa shape index (κ1) is 23.9. The quantitative estimate of drug-likeness (QED) is 0.370. The summed E-state index contributed by atoms with van der Waals surface area (Å²) in [6, 6.07) is 13.4. The van der Waals surface area contributed by atoms with Gasteiger partial charge in [-0.3, -0.25) is 4.79 Å². The Kier molecular flexibility index (Phi) is 7.00. The highest BCUT2D eigenvalue weighted by Crippen LogP contribution is 2.37. The van der Waals surface area contributed by atoms with Gasteiger partial charge in [0, 0.05) is 42.2 Å². The van der Waals surface area contributed by atoms with Crippen LogP contribution in [0.5, 0.6) is 0 Å². The second kappa shape index (κ2) is 9.38. The summed E-state index contributed by atoms with van der Waals surface area (Å²) in [4.78, 5) is 16.1. The van der Waals surface area contributed by atoms with Gasteiger partial charge < -0.3 is 9.47 Å². The van der Waals surface area contributed by atoms with E-state index in [0.29, 0.717) is 21.7 Å². The lowest BCUT2D eigenvalue weighted by Gasteiger charge is -2.25. The highest BCUT2D eigenvalue weighted by molar-refractivity contribution is 6.34. The van der Waals surface area contributed by atoms with Crippen LogP contribution in [0, 0.1) is 11.3 Å². The molecule has 0 aliphatic carbocycles. The van der Waals surface area contributed by atoms with Crippen molar-refractivity contribution in [2.24, 2.45) is 7.05 Å². The summed E-state index contributed by atoms with van der Waals surface area (Å²) >= 11 is 6.68. The Balaban J connectivity index is 2.16. The van der Waals surface area contributed by atoms with Crippen LogP contribution >= 0.6 is 11.6 Å². The minimum atomic E-state index is -0.256. The van der Waals surface area contributed by atoms with E-state index in [1.54, 1.807) is 12.1 Å². The van der Waals surface area contributed by atoms with Gasteiger partial charge >= 0.3 is 0 Å². The van der Waals surface area contributed by atoms with Gasteiger partial charge in [0.2, 0.25) is 0 Å². The van der Waals surface area contributed by atoms with Gasteiger partial charge in [0.1, 0.15) is 0 Å². The number of anilines is 1. The summed E-state index contributed by atoms with van der Waals surface area (Å²) in [5.41, 5.74) is 4.39. The molecule has 0 radical (unpaired) electrons. The van der Waals surface area contributed by atoms with Gasteiger partial charge in [-0.05, 0) is 43.2 Å². The number of nitrogens with zero attached hydrogens (tertiary/aromatic N) is 3. The molecule has 0 N–H and O–H groups in total. The van der Waals surface area contributed by atoms with Gasteiger partial charge in [-0.25, -0.2) is 0 Å². The van der Waals surface area contributed by atoms with Crippen LogP contribution in [-0.4, -0.2) is 23.4 Å². The lowest BCUT2D eigenvalue weighted by molar-refractivity contribution is 0.103. The van der Waals surface area contributed by atoms with Gasteiger partial charge in [0.05, 0.1) is 33.4 Å². The van der Waals surface area contributed by atoms with Gasteiger partial charge in [0.25, 0.3) is 0 Å². The smallest absolute Gasteiger partial charge is 0.195 e. The van der Waals surface area contributed by atoms with Crippen LogP contribution in [0.1, 0.15) is 74.6 Å². The Morgan fingerprint density at radius 2 is 1.75 bits per heavy atom. The maximum absolute atomic E-state index is 13.8. The van der Waals surface area contributed by atoms with E-state index < -0.39 is 0 Å². The average molecular weight is 450 g/mol. The molecule has 1 heterocycles. The molecule has 0 aliphatic rings. The monoisotopic (exact) mass is 449 g/mol. The molecule has 4 nitrogen and oxygen atoms in total. The minimum Gasteiger partial charge on any atom is -0.370 e. The number of fused-ring (bicyclic) bond motifs is 1. The molecule has 0 saturated carbocycles. The van der Waals surface area contributed by atoms with Crippen molar-refractivity contribution in [1.82, 2.24) is 4.57 Å². The largest absolute Gasteiger partial charge is 0.370 e. The van der Waals surface area contributed by atoms with E-state index in [4.69, 9.17) is 11.6 Å². The van der Waals surface area contributed by atoms with Gasteiger partial charge in [0.15, 0.2) is 5.78 Å². The lowest BCUT2D eigenvalue weighted by atomic mass is 9.86. The molecule has 2 aromatic carbocycles. The van der Waals surface area contributed by atoms with Crippen LogP contribution in [0.3, 0.4) is 0 Å². The maximum Gasteiger partial charge on any atom is 0.195 e. The van der Waals surface area contributed by atoms with E-state index in [9.17, 15) is 10.1 Å². The zero-order valence-corrected chi connectivity index (χ0v) is 20.7.